The molecule has 1 aromatic carbocycles. The van der Waals surface area contributed by atoms with Crippen LogP contribution < -0.4 is 0 Å². The first-order valence-electron chi connectivity index (χ1n) is 5.54. The Morgan fingerprint density at radius 3 is 2.13 bits per heavy atom. The maximum absolute atomic E-state index is 10.5. The van der Waals surface area contributed by atoms with Crippen molar-refractivity contribution in [1.29, 1.82) is 0 Å². The Morgan fingerprint density at radius 1 is 1.27 bits per heavy atom. The minimum absolute atomic E-state index is 0.300. The first kappa shape index (κ1) is 11.8. The fourth-order valence-electron chi connectivity index (χ4n) is 2.04. The predicted molar refractivity (Wildman–Crippen MR) is 60.9 cm³/mol. The zero-order chi connectivity index (χ0) is 11.3. The monoisotopic (exact) mass is 206 g/mol. The van der Waals surface area contributed by atoms with Crippen molar-refractivity contribution in [3.05, 3.63) is 35.4 Å². The minimum atomic E-state index is -0.683. The lowest BCUT2D eigenvalue weighted by Gasteiger charge is -2.02. The summed E-state index contributed by atoms with van der Waals surface area (Å²) in [7, 11) is 0. The maximum atomic E-state index is 10.5. The van der Waals surface area contributed by atoms with Crippen molar-refractivity contribution >= 4 is 5.97 Å². The quantitative estimate of drug-likeness (QED) is 0.807. The largest absolute Gasteiger partial charge is 0.481 e. The van der Waals surface area contributed by atoms with Crippen LogP contribution in [0.2, 0.25) is 0 Å². The molecule has 0 aliphatic heterocycles. The Morgan fingerprint density at radius 2 is 1.73 bits per heavy atom. The number of fused-ring (bicyclic) bond motifs is 1. The summed E-state index contributed by atoms with van der Waals surface area (Å²) in [5.74, 6) is -0.368. The van der Waals surface area contributed by atoms with Crippen LogP contribution in [0, 0.1) is 5.92 Å². The topological polar surface area (TPSA) is 37.3 Å². The fourth-order valence-corrected chi connectivity index (χ4v) is 2.04. The Bertz CT molecular complexity index is 306. The third-order valence-electron chi connectivity index (χ3n) is 2.60. The van der Waals surface area contributed by atoms with Crippen molar-refractivity contribution in [3.63, 3.8) is 0 Å². The SMILES string of the molecule is CC.O=C(O)CC1Cc2ccccc2C1. The summed E-state index contributed by atoms with van der Waals surface area (Å²) in [6.45, 7) is 4.00. The van der Waals surface area contributed by atoms with E-state index < -0.39 is 5.97 Å². The van der Waals surface area contributed by atoms with Crippen LogP contribution in [0.4, 0.5) is 0 Å². The molecule has 1 aliphatic rings. The summed E-state index contributed by atoms with van der Waals surface area (Å²) < 4.78 is 0. The number of hydrogen-bond donors (Lipinski definition) is 1. The van der Waals surface area contributed by atoms with Gasteiger partial charge in [0, 0.05) is 6.42 Å². The first-order chi connectivity index (χ1) is 7.25. The molecule has 0 saturated heterocycles. The molecule has 0 heterocycles. The first-order valence-corrected chi connectivity index (χ1v) is 5.54. The Balaban J connectivity index is 0.000000531. The van der Waals surface area contributed by atoms with Crippen molar-refractivity contribution in [3.8, 4) is 0 Å². The van der Waals surface area contributed by atoms with E-state index in [9.17, 15) is 4.79 Å². The molecule has 0 saturated carbocycles. The predicted octanol–water partition coefficient (Wildman–Crippen LogP) is 2.90. The van der Waals surface area contributed by atoms with Crippen LogP contribution in [0.3, 0.4) is 0 Å². The number of aliphatic carboxylic acids is 1. The van der Waals surface area contributed by atoms with Gasteiger partial charge in [-0.05, 0) is 29.9 Å². The lowest BCUT2D eigenvalue weighted by atomic mass is 10.0. The van der Waals surface area contributed by atoms with Crippen molar-refractivity contribution in [2.24, 2.45) is 5.92 Å². The van der Waals surface area contributed by atoms with E-state index in [0.29, 0.717) is 12.3 Å². The van der Waals surface area contributed by atoms with Gasteiger partial charge in [0.25, 0.3) is 0 Å². The highest BCUT2D eigenvalue weighted by molar-refractivity contribution is 5.67. The second-order valence-electron chi connectivity index (χ2n) is 3.64. The van der Waals surface area contributed by atoms with Gasteiger partial charge in [-0.25, -0.2) is 0 Å². The highest BCUT2D eigenvalue weighted by Gasteiger charge is 2.22. The summed E-state index contributed by atoms with van der Waals surface area (Å²) >= 11 is 0. The molecular formula is C13H18O2. The van der Waals surface area contributed by atoms with E-state index in [0.717, 1.165) is 12.8 Å². The Kier molecular flexibility index (Phi) is 4.35. The maximum Gasteiger partial charge on any atom is 0.303 e. The van der Waals surface area contributed by atoms with Gasteiger partial charge in [0.15, 0.2) is 0 Å². The molecule has 0 unspecified atom stereocenters. The summed E-state index contributed by atoms with van der Waals surface area (Å²) in [6, 6.07) is 8.22. The van der Waals surface area contributed by atoms with Crippen molar-refractivity contribution in [2.75, 3.05) is 0 Å². The van der Waals surface area contributed by atoms with Gasteiger partial charge < -0.3 is 5.11 Å². The van der Waals surface area contributed by atoms with Crippen LogP contribution in [-0.2, 0) is 17.6 Å². The molecule has 1 aromatic rings. The van der Waals surface area contributed by atoms with E-state index >= 15 is 0 Å². The van der Waals surface area contributed by atoms with Crippen molar-refractivity contribution < 1.29 is 9.90 Å². The van der Waals surface area contributed by atoms with Crippen LogP contribution >= 0.6 is 0 Å². The lowest BCUT2D eigenvalue weighted by Crippen LogP contribution is -2.07. The van der Waals surface area contributed by atoms with Gasteiger partial charge in [-0.2, -0.15) is 0 Å². The smallest absolute Gasteiger partial charge is 0.303 e. The van der Waals surface area contributed by atoms with E-state index in [-0.39, 0.29) is 0 Å². The normalized spacial score (nSPS) is 14.0. The molecule has 1 aliphatic carbocycles. The van der Waals surface area contributed by atoms with Gasteiger partial charge >= 0.3 is 5.97 Å². The van der Waals surface area contributed by atoms with Gasteiger partial charge in [-0.15, -0.1) is 0 Å². The van der Waals surface area contributed by atoms with Gasteiger partial charge in [0.05, 0.1) is 0 Å². The third-order valence-corrected chi connectivity index (χ3v) is 2.60. The van der Waals surface area contributed by atoms with Crippen LogP contribution in [0.5, 0.6) is 0 Å². The lowest BCUT2D eigenvalue weighted by molar-refractivity contribution is -0.138. The van der Waals surface area contributed by atoms with Gasteiger partial charge in [0.1, 0.15) is 0 Å². The van der Waals surface area contributed by atoms with Gasteiger partial charge in [0.2, 0.25) is 0 Å². The van der Waals surface area contributed by atoms with Gasteiger partial charge in [-0.1, -0.05) is 38.1 Å². The van der Waals surface area contributed by atoms with Crippen LogP contribution in [0.15, 0.2) is 24.3 Å². The Labute approximate surface area is 90.9 Å². The highest BCUT2D eigenvalue weighted by Crippen LogP contribution is 2.28. The summed E-state index contributed by atoms with van der Waals surface area (Å²) in [6.07, 6.45) is 2.17. The summed E-state index contributed by atoms with van der Waals surface area (Å²) in [5.41, 5.74) is 2.66. The van der Waals surface area contributed by atoms with E-state index in [1.54, 1.807) is 0 Å². The molecule has 0 spiro atoms. The van der Waals surface area contributed by atoms with Crippen molar-refractivity contribution in [1.82, 2.24) is 0 Å². The molecule has 0 atom stereocenters. The molecule has 0 bridgehead atoms. The molecule has 15 heavy (non-hydrogen) atoms. The number of carboxylic acid groups (broad SMARTS) is 1. The van der Waals surface area contributed by atoms with E-state index in [2.05, 4.69) is 12.1 Å². The Hall–Kier alpha value is -1.31. The molecule has 1 N–H and O–H groups in total. The molecule has 82 valence electrons. The van der Waals surface area contributed by atoms with Crippen LogP contribution in [-0.4, -0.2) is 11.1 Å². The van der Waals surface area contributed by atoms with E-state index in [1.807, 2.05) is 26.0 Å². The zero-order valence-electron chi connectivity index (χ0n) is 9.36. The molecule has 2 rings (SSSR count). The molecule has 2 nitrogen and oxygen atoms in total. The number of benzene rings is 1. The number of hydrogen-bond acceptors (Lipinski definition) is 1. The molecular weight excluding hydrogens is 188 g/mol. The average molecular weight is 206 g/mol. The minimum Gasteiger partial charge on any atom is -0.481 e. The van der Waals surface area contributed by atoms with Crippen LogP contribution in [0.1, 0.15) is 31.4 Å². The van der Waals surface area contributed by atoms with E-state index in [1.165, 1.54) is 11.1 Å². The highest BCUT2D eigenvalue weighted by atomic mass is 16.4. The molecule has 0 amide bonds. The van der Waals surface area contributed by atoms with Crippen LogP contribution in [0.25, 0.3) is 0 Å². The van der Waals surface area contributed by atoms with Gasteiger partial charge in [-0.3, -0.25) is 4.79 Å². The zero-order valence-corrected chi connectivity index (χ0v) is 9.36. The molecule has 0 aromatic heterocycles. The number of rotatable bonds is 2. The van der Waals surface area contributed by atoms with Crippen molar-refractivity contribution in [2.45, 2.75) is 33.1 Å². The summed E-state index contributed by atoms with van der Waals surface area (Å²) in [5, 5.41) is 8.65. The second kappa shape index (κ2) is 5.54. The molecule has 2 heteroatoms. The fraction of sp³-hybridized carbons (Fsp3) is 0.462. The number of carboxylic acids is 1. The number of carbonyl (C=O) groups is 1. The summed E-state index contributed by atoms with van der Waals surface area (Å²) in [4.78, 5) is 10.5. The second-order valence-corrected chi connectivity index (χ2v) is 3.64. The average Bonchev–Trinajstić information content (AvgIpc) is 2.61. The van der Waals surface area contributed by atoms with E-state index in [4.69, 9.17) is 5.11 Å². The standard InChI is InChI=1S/C11H12O2.C2H6/c12-11(13)7-8-5-9-3-1-2-4-10(9)6-8;1-2/h1-4,8H,5-7H2,(H,12,13);1-2H3. The third kappa shape index (κ3) is 3.08. The molecule has 0 fully saturated rings. The molecule has 0 radical (unpaired) electrons.